The van der Waals surface area contributed by atoms with Crippen molar-refractivity contribution in [2.75, 3.05) is 10.8 Å². The van der Waals surface area contributed by atoms with Gasteiger partial charge in [-0.25, -0.2) is 13.2 Å². The minimum Gasteiger partial charge on any atom is -0.478 e. The second-order valence-corrected chi connectivity index (χ2v) is 8.01. The van der Waals surface area contributed by atoms with Crippen molar-refractivity contribution in [1.29, 1.82) is 0 Å². The molecule has 3 rings (SSSR count). The normalized spacial score (nSPS) is 14.7. The number of fused-ring (bicyclic) bond motifs is 1. The van der Waals surface area contributed by atoms with Crippen molar-refractivity contribution in [3.8, 4) is 0 Å². The molecule has 1 N–H and O–H groups in total. The Morgan fingerprint density at radius 1 is 1.36 bits per heavy atom. The molecule has 0 atom stereocenters. The zero-order valence-corrected chi connectivity index (χ0v) is 13.4. The van der Waals surface area contributed by atoms with Gasteiger partial charge < -0.3 is 5.11 Å². The molecule has 0 bridgehead atoms. The Hall–Kier alpha value is -1.93. The Labute approximate surface area is 132 Å². The van der Waals surface area contributed by atoms with E-state index in [1.54, 1.807) is 25.1 Å². The van der Waals surface area contributed by atoms with Gasteiger partial charge in [0.15, 0.2) is 4.21 Å². The Morgan fingerprint density at radius 2 is 2.14 bits per heavy atom. The van der Waals surface area contributed by atoms with Gasteiger partial charge in [-0.2, -0.15) is 4.37 Å². The molecule has 1 aromatic carbocycles. The number of rotatable bonds is 3. The molecular weight excluding hydrogens is 324 g/mol. The predicted octanol–water partition coefficient (Wildman–Crippen LogP) is 2.29. The zero-order valence-electron chi connectivity index (χ0n) is 11.8. The van der Waals surface area contributed by atoms with Crippen LogP contribution in [0.3, 0.4) is 0 Å². The van der Waals surface area contributed by atoms with Crippen LogP contribution in [0.1, 0.15) is 28.0 Å². The first-order valence-electron chi connectivity index (χ1n) is 6.72. The number of aromatic nitrogens is 1. The molecule has 0 fully saturated rings. The maximum absolute atomic E-state index is 12.8. The van der Waals surface area contributed by atoms with Crippen LogP contribution in [0, 0.1) is 6.92 Å². The summed E-state index contributed by atoms with van der Waals surface area (Å²) in [6.45, 7) is 2.14. The van der Waals surface area contributed by atoms with Crippen LogP contribution in [0.25, 0.3) is 0 Å². The Bertz CT molecular complexity index is 842. The van der Waals surface area contributed by atoms with Crippen LogP contribution in [-0.4, -0.2) is 30.4 Å². The molecular formula is C14H14N2O4S2. The number of carboxylic acid groups (broad SMARTS) is 1. The highest BCUT2D eigenvalue weighted by atomic mass is 32.2. The standard InChI is InChI=1S/C14H14N2O4S2/c1-9-7-13(21-15-9)22(19,20)16-6-2-3-10-8-11(14(17)18)4-5-12(10)16/h4-5,7-8H,2-3,6H2,1H3,(H,17,18). The smallest absolute Gasteiger partial charge is 0.335 e. The van der Waals surface area contributed by atoms with E-state index in [9.17, 15) is 13.2 Å². The van der Waals surface area contributed by atoms with Crippen LogP contribution < -0.4 is 4.31 Å². The molecule has 0 amide bonds. The lowest BCUT2D eigenvalue weighted by atomic mass is 10.0. The predicted molar refractivity (Wildman–Crippen MR) is 83.1 cm³/mol. The number of sulfonamides is 1. The van der Waals surface area contributed by atoms with Crippen LogP contribution in [-0.2, 0) is 16.4 Å². The zero-order chi connectivity index (χ0) is 15.9. The highest BCUT2D eigenvalue weighted by Gasteiger charge is 2.31. The van der Waals surface area contributed by atoms with Crippen molar-refractivity contribution in [3.05, 3.63) is 41.1 Å². The number of carbonyl (C=O) groups is 1. The van der Waals surface area contributed by atoms with Crippen molar-refractivity contribution in [2.24, 2.45) is 0 Å². The lowest BCUT2D eigenvalue weighted by molar-refractivity contribution is 0.0696. The molecule has 1 aromatic heterocycles. The number of hydrogen-bond acceptors (Lipinski definition) is 5. The summed E-state index contributed by atoms with van der Waals surface area (Å²) in [6.07, 6.45) is 1.33. The fourth-order valence-corrected chi connectivity index (χ4v) is 5.13. The molecule has 0 spiro atoms. The number of aryl methyl sites for hydroxylation is 2. The third-order valence-corrected chi connectivity index (χ3v) is 6.67. The van der Waals surface area contributed by atoms with Crippen molar-refractivity contribution in [3.63, 3.8) is 0 Å². The minimum absolute atomic E-state index is 0.173. The summed E-state index contributed by atoms with van der Waals surface area (Å²) in [7, 11) is -3.65. The van der Waals surface area contributed by atoms with Gasteiger partial charge in [0.05, 0.1) is 16.9 Å². The van der Waals surface area contributed by atoms with Gasteiger partial charge in [0.25, 0.3) is 10.0 Å². The molecule has 0 saturated carbocycles. The SMILES string of the molecule is Cc1cc(S(=O)(=O)N2CCCc3cc(C(=O)O)ccc32)sn1. The number of nitrogens with zero attached hydrogens (tertiary/aromatic N) is 2. The number of aromatic carboxylic acids is 1. The summed E-state index contributed by atoms with van der Waals surface area (Å²) in [4.78, 5) is 11.1. The Balaban J connectivity index is 2.07. The minimum atomic E-state index is -3.65. The molecule has 2 aromatic rings. The van der Waals surface area contributed by atoms with E-state index < -0.39 is 16.0 Å². The van der Waals surface area contributed by atoms with Crippen LogP contribution in [0.5, 0.6) is 0 Å². The van der Waals surface area contributed by atoms with Gasteiger partial charge in [0, 0.05) is 6.54 Å². The van der Waals surface area contributed by atoms with E-state index in [0.29, 0.717) is 30.8 Å². The van der Waals surface area contributed by atoms with Crippen molar-refractivity contribution in [1.82, 2.24) is 4.37 Å². The summed E-state index contributed by atoms with van der Waals surface area (Å²) in [6, 6.07) is 6.12. The van der Waals surface area contributed by atoms with Gasteiger partial charge in [0.1, 0.15) is 0 Å². The van der Waals surface area contributed by atoms with E-state index in [1.165, 1.54) is 10.4 Å². The molecule has 1 aliphatic rings. The third-order valence-electron chi connectivity index (χ3n) is 3.55. The summed E-state index contributed by atoms with van der Waals surface area (Å²) in [5.41, 5.74) is 2.15. The lowest BCUT2D eigenvalue weighted by Crippen LogP contribution is -2.35. The van der Waals surface area contributed by atoms with E-state index >= 15 is 0 Å². The summed E-state index contributed by atoms with van der Waals surface area (Å²) < 4.78 is 31.1. The highest BCUT2D eigenvalue weighted by Crippen LogP contribution is 2.33. The molecule has 0 aliphatic carbocycles. The molecule has 0 saturated heterocycles. The molecule has 0 radical (unpaired) electrons. The van der Waals surface area contributed by atoms with Gasteiger partial charge in [-0.3, -0.25) is 4.31 Å². The number of hydrogen-bond donors (Lipinski definition) is 1. The van der Waals surface area contributed by atoms with Gasteiger partial charge in [0.2, 0.25) is 0 Å². The molecule has 2 heterocycles. The molecule has 0 unspecified atom stereocenters. The third kappa shape index (κ3) is 2.48. The molecule has 116 valence electrons. The van der Waals surface area contributed by atoms with Crippen LogP contribution >= 0.6 is 11.5 Å². The maximum Gasteiger partial charge on any atom is 0.335 e. The van der Waals surface area contributed by atoms with Crippen molar-refractivity contribution >= 4 is 33.2 Å². The Kier molecular flexibility index (Phi) is 3.65. The van der Waals surface area contributed by atoms with Gasteiger partial charge in [-0.1, -0.05) is 0 Å². The van der Waals surface area contributed by atoms with E-state index in [-0.39, 0.29) is 9.77 Å². The topological polar surface area (TPSA) is 87.6 Å². The quantitative estimate of drug-likeness (QED) is 0.928. The number of benzene rings is 1. The lowest BCUT2D eigenvalue weighted by Gasteiger charge is -2.30. The number of carboxylic acids is 1. The van der Waals surface area contributed by atoms with E-state index in [0.717, 1.165) is 17.1 Å². The van der Waals surface area contributed by atoms with Crippen LogP contribution in [0.15, 0.2) is 28.5 Å². The highest BCUT2D eigenvalue weighted by molar-refractivity contribution is 7.94. The van der Waals surface area contributed by atoms with Crippen LogP contribution in [0.4, 0.5) is 5.69 Å². The monoisotopic (exact) mass is 338 g/mol. The summed E-state index contributed by atoms with van der Waals surface area (Å²) in [5.74, 6) is -1.01. The van der Waals surface area contributed by atoms with Crippen molar-refractivity contribution < 1.29 is 18.3 Å². The maximum atomic E-state index is 12.8. The first-order chi connectivity index (χ1) is 10.4. The largest absolute Gasteiger partial charge is 0.478 e. The van der Waals surface area contributed by atoms with Crippen molar-refractivity contribution in [2.45, 2.75) is 24.0 Å². The first kappa shape index (κ1) is 15.0. The second-order valence-electron chi connectivity index (χ2n) is 5.12. The van der Waals surface area contributed by atoms with E-state index in [2.05, 4.69) is 4.37 Å². The average Bonchev–Trinajstić information content (AvgIpc) is 2.93. The summed E-state index contributed by atoms with van der Waals surface area (Å²) in [5, 5.41) is 9.05. The average molecular weight is 338 g/mol. The first-order valence-corrected chi connectivity index (χ1v) is 8.93. The fraction of sp³-hybridized carbons (Fsp3) is 0.286. The fourth-order valence-electron chi connectivity index (χ4n) is 2.52. The van der Waals surface area contributed by atoms with Gasteiger partial charge in [-0.05, 0) is 61.1 Å². The molecule has 6 nitrogen and oxygen atoms in total. The van der Waals surface area contributed by atoms with E-state index in [1.807, 2.05) is 0 Å². The summed E-state index contributed by atoms with van der Waals surface area (Å²) >= 11 is 0.959. The van der Waals surface area contributed by atoms with Gasteiger partial charge in [-0.15, -0.1) is 0 Å². The van der Waals surface area contributed by atoms with Gasteiger partial charge >= 0.3 is 5.97 Å². The molecule has 22 heavy (non-hydrogen) atoms. The van der Waals surface area contributed by atoms with Crippen LogP contribution in [0.2, 0.25) is 0 Å². The number of anilines is 1. The second kappa shape index (κ2) is 5.36. The molecule has 8 heteroatoms. The Morgan fingerprint density at radius 3 is 2.77 bits per heavy atom. The van der Waals surface area contributed by atoms with E-state index in [4.69, 9.17) is 5.11 Å². The molecule has 1 aliphatic heterocycles.